The van der Waals surface area contributed by atoms with Gasteiger partial charge in [0.15, 0.2) is 0 Å². The zero-order valence-electron chi connectivity index (χ0n) is 13.9. The van der Waals surface area contributed by atoms with Gasteiger partial charge in [0.05, 0.1) is 5.60 Å². The summed E-state index contributed by atoms with van der Waals surface area (Å²) in [5.41, 5.74) is 1.21. The summed E-state index contributed by atoms with van der Waals surface area (Å²) < 4.78 is 0. The molecule has 0 aliphatic carbocycles. The van der Waals surface area contributed by atoms with Gasteiger partial charge >= 0.3 is 0 Å². The zero-order valence-corrected chi connectivity index (χ0v) is 13.9. The van der Waals surface area contributed by atoms with Gasteiger partial charge < -0.3 is 10.4 Å². The van der Waals surface area contributed by atoms with Crippen molar-refractivity contribution in [1.82, 2.24) is 0 Å². The minimum absolute atomic E-state index is 0.153. The molecule has 0 spiro atoms. The molecule has 3 aromatic rings. The number of hydrogen-bond donors (Lipinski definition) is 2. The van der Waals surface area contributed by atoms with Gasteiger partial charge in [0.25, 0.3) is 5.91 Å². The van der Waals surface area contributed by atoms with E-state index in [1.54, 1.807) is 6.92 Å². The summed E-state index contributed by atoms with van der Waals surface area (Å²) in [7, 11) is 0. The fraction of sp³-hybridized carbons (Fsp3) is 0.190. The second-order valence-corrected chi connectivity index (χ2v) is 6.19. The van der Waals surface area contributed by atoms with Crippen molar-refractivity contribution in [3.05, 3.63) is 77.9 Å². The Kier molecular flexibility index (Phi) is 4.36. The number of anilines is 1. The van der Waals surface area contributed by atoms with Crippen LogP contribution in [0.5, 0.6) is 0 Å². The molecule has 3 rings (SSSR count). The van der Waals surface area contributed by atoms with Crippen LogP contribution in [0.15, 0.2) is 66.7 Å². The first kappa shape index (κ1) is 16.2. The molecule has 0 fully saturated rings. The molecule has 0 heterocycles. The van der Waals surface area contributed by atoms with Crippen LogP contribution >= 0.6 is 0 Å². The van der Waals surface area contributed by atoms with Gasteiger partial charge in [-0.2, -0.15) is 0 Å². The number of hydrogen-bond acceptors (Lipinski definition) is 2. The van der Waals surface area contributed by atoms with E-state index in [4.69, 9.17) is 0 Å². The van der Waals surface area contributed by atoms with Crippen LogP contribution in [-0.4, -0.2) is 11.0 Å². The van der Waals surface area contributed by atoms with E-state index in [0.29, 0.717) is 17.7 Å². The van der Waals surface area contributed by atoms with Crippen molar-refractivity contribution in [2.45, 2.75) is 25.9 Å². The molecule has 0 saturated carbocycles. The number of nitrogens with one attached hydrogen (secondary N) is 1. The van der Waals surface area contributed by atoms with Crippen LogP contribution in [-0.2, 0) is 5.60 Å². The predicted octanol–water partition coefficient (Wildman–Crippen LogP) is 4.71. The Bertz CT molecular complexity index is 878. The summed E-state index contributed by atoms with van der Waals surface area (Å²) in [4.78, 5) is 12.7. The molecule has 0 aromatic heterocycles. The van der Waals surface area contributed by atoms with Gasteiger partial charge in [-0.05, 0) is 47.9 Å². The number of aliphatic hydroxyl groups is 1. The summed E-state index contributed by atoms with van der Waals surface area (Å²) in [6.45, 7) is 3.71. The molecule has 122 valence electrons. The van der Waals surface area contributed by atoms with Gasteiger partial charge in [-0.3, -0.25) is 4.79 Å². The first-order valence-corrected chi connectivity index (χ1v) is 8.13. The maximum Gasteiger partial charge on any atom is 0.256 e. The molecule has 3 nitrogen and oxygen atoms in total. The fourth-order valence-corrected chi connectivity index (χ4v) is 2.76. The molecule has 2 N–H and O–H groups in total. The lowest BCUT2D eigenvalue weighted by atomic mass is 9.93. The van der Waals surface area contributed by atoms with Gasteiger partial charge in [0, 0.05) is 11.3 Å². The standard InChI is InChI=1S/C21H21NO2/c1-3-21(2,24)16-10-7-11-17(14-16)22-20(23)19-13-6-9-15-8-4-5-12-18(15)19/h4-14,24H,3H2,1-2H3,(H,22,23). The van der Waals surface area contributed by atoms with Crippen LogP contribution in [0.2, 0.25) is 0 Å². The molecule has 1 amide bonds. The molecule has 0 bridgehead atoms. The van der Waals surface area contributed by atoms with E-state index in [0.717, 1.165) is 16.3 Å². The quantitative estimate of drug-likeness (QED) is 0.731. The molecule has 3 heteroatoms. The van der Waals surface area contributed by atoms with Gasteiger partial charge in [-0.15, -0.1) is 0 Å². The van der Waals surface area contributed by atoms with Crippen LogP contribution in [0, 0.1) is 0 Å². The molecule has 0 aliphatic heterocycles. The maximum absolute atomic E-state index is 12.7. The lowest BCUT2D eigenvalue weighted by Gasteiger charge is -2.22. The molecular formula is C21H21NO2. The van der Waals surface area contributed by atoms with Crippen molar-refractivity contribution in [2.24, 2.45) is 0 Å². The third-order valence-electron chi connectivity index (χ3n) is 4.47. The largest absolute Gasteiger partial charge is 0.385 e. The Hall–Kier alpha value is -2.65. The highest BCUT2D eigenvalue weighted by atomic mass is 16.3. The minimum atomic E-state index is -0.903. The summed E-state index contributed by atoms with van der Waals surface area (Å²) in [6.07, 6.45) is 0.605. The molecule has 0 aliphatic rings. The van der Waals surface area contributed by atoms with Crippen LogP contribution in [0.4, 0.5) is 5.69 Å². The SMILES string of the molecule is CCC(C)(O)c1cccc(NC(=O)c2cccc3ccccc23)c1. The van der Waals surface area contributed by atoms with E-state index >= 15 is 0 Å². The Morgan fingerprint density at radius 3 is 2.54 bits per heavy atom. The van der Waals surface area contributed by atoms with Crippen LogP contribution in [0.25, 0.3) is 10.8 Å². The van der Waals surface area contributed by atoms with Crippen LogP contribution in [0.3, 0.4) is 0 Å². The second-order valence-electron chi connectivity index (χ2n) is 6.19. The van der Waals surface area contributed by atoms with E-state index in [1.807, 2.05) is 73.7 Å². The lowest BCUT2D eigenvalue weighted by Crippen LogP contribution is -2.20. The Morgan fingerprint density at radius 1 is 1.04 bits per heavy atom. The predicted molar refractivity (Wildman–Crippen MR) is 98.2 cm³/mol. The van der Waals surface area contributed by atoms with Crippen molar-refractivity contribution in [2.75, 3.05) is 5.32 Å². The van der Waals surface area contributed by atoms with Gasteiger partial charge in [0.1, 0.15) is 0 Å². The lowest BCUT2D eigenvalue weighted by molar-refractivity contribution is 0.0531. The van der Waals surface area contributed by atoms with E-state index in [1.165, 1.54) is 0 Å². The number of fused-ring (bicyclic) bond motifs is 1. The highest BCUT2D eigenvalue weighted by molar-refractivity contribution is 6.12. The number of amides is 1. The Morgan fingerprint density at radius 2 is 1.75 bits per heavy atom. The normalized spacial score (nSPS) is 13.5. The highest BCUT2D eigenvalue weighted by Gasteiger charge is 2.20. The van der Waals surface area contributed by atoms with Crippen LogP contribution in [0.1, 0.15) is 36.2 Å². The Labute approximate surface area is 142 Å². The van der Waals surface area contributed by atoms with Crippen LogP contribution < -0.4 is 5.32 Å². The summed E-state index contributed by atoms with van der Waals surface area (Å²) in [5, 5.41) is 15.3. The molecule has 1 atom stereocenters. The average Bonchev–Trinajstić information content (AvgIpc) is 2.61. The van der Waals surface area contributed by atoms with Crippen molar-refractivity contribution >= 4 is 22.4 Å². The van der Waals surface area contributed by atoms with Crippen molar-refractivity contribution in [3.63, 3.8) is 0 Å². The monoisotopic (exact) mass is 319 g/mol. The van der Waals surface area contributed by atoms with E-state index in [9.17, 15) is 9.90 Å². The number of carbonyl (C=O) groups is 1. The minimum Gasteiger partial charge on any atom is -0.385 e. The smallest absolute Gasteiger partial charge is 0.256 e. The van der Waals surface area contributed by atoms with Crippen molar-refractivity contribution in [1.29, 1.82) is 0 Å². The highest BCUT2D eigenvalue weighted by Crippen LogP contribution is 2.27. The summed E-state index contributed by atoms with van der Waals surface area (Å²) in [6, 6.07) is 20.9. The summed E-state index contributed by atoms with van der Waals surface area (Å²) >= 11 is 0. The van der Waals surface area contributed by atoms with Crippen molar-refractivity contribution < 1.29 is 9.90 Å². The zero-order chi connectivity index (χ0) is 17.2. The Balaban J connectivity index is 1.91. The molecule has 3 aromatic carbocycles. The molecule has 0 radical (unpaired) electrons. The van der Waals surface area contributed by atoms with Gasteiger partial charge in [-0.1, -0.05) is 55.5 Å². The maximum atomic E-state index is 12.7. The first-order chi connectivity index (χ1) is 11.5. The van der Waals surface area contributed by atoms with E-state index < -0.39 is 5.60 Å². The topological polar surface area (TPSA) is 49.3 Å². The third kappa shape index (κ3) is 3.17. The third-order valence-corrected chi connectivity index (χ3v) is 4.47. The first-order valence-electron chi connectivity index (χ1n) is 8.13. The molecular weight excluding hydrogens is 298 g/mol. The fourth-order valence-electron chi connectivity index (χ4n) is 2.76. The van der Waals surface area contributed by atoms with Gasteiger partial charge in [0.2, 0.25) is 0 Å². The average molecular weight is 319 g/mol. The second kappa shape index (κ2) is 6.46. The van der Waals surface area contributed by atoms with Crippen molar-refractivity contribution in [3.8, 4) is 0 Å². The number of rotatable bonds is 4. The number of benzene rings is 3. The van der Waals surface area contributed by atoms with E-state index in [-0.39, 0.29) is 5.91 Å². The van der Waals surface area contributed by atoms with E-state index in [2.05, 4.69) is 5.32 Å². The van der Waals surface area contributed by atoms with Gasteiger partial charge in [-0.25, -0.2) is 0 Å². The summed E-state index contributed by atoms with van der Waals surface area (Å²) in [5.74, 6) is -0.153. The number of carbonyl (C=O) groups excluding carboxylic acids is 1. The molecule has 24 heavy (non-hydrogen) atoms. The molecule has 1 unspecified atom stereocenters. The molecule has 0 saturated heterocycles.